The lowest BCUT2D eigenvalue weighted by Gasteiger charge is -2.38. The Kier molecular flexibility index (Phi) is 4.01. The van der Waals surface area contributed by atoms with Crippen LogP contribution in [0.25, 0.3) is 0 Å². The van der Waals surface area contributed by atoms with Gasteiger partial charge in [0.05, 0.1) is 5.69 Å². The van der Waals surface area contributed by atoms with E-state index >= 15 is 0 Å². The Morgan fingerprint density at radius 2 is 2.05 bits per heavy atom. The molecule has 108 valence electrons. The molecule has 1 spiro atoms. The van der Waals surface area contributed by atoms with E-state index in [0.29, 0.717) is 11.1 Å². The van der Waals surface area contributed by atoms with E-state index in [-0.39, 0.29) is 5.82 Å². The molecule has 1 aromatic carbocycles. The number of anilines is 1. The van der Waals surface area contributed by atoms with Crippen LogP contribution in [0.4, 0.5) is 10.1 Å². The van der Waals surface area contributed by atoms with Gasteiger partial charge in [0.15, 0.2) is 5.17 Å². The van der Waals surface area contributed by atoms with E-state index in [1.165, 1.54) is 38.2 Å². The van der Waals surface area contributed by atoms with Crippen molar-refractivity contribution in [3.8, 4) is 0 Å². The molecule has 2 aliphatic rings. The first-order valence-electron chi connectivity index (χ1n) is 7.37. The second-order valence-corrected chi connectivity index (χ2v) is 7.04. The quantitative estimate of drug-likeness (QED) is 0.818. The minimum atomic E-state index is -0.211. The molecule has 1 aliphatic carbocycles. The summed E-state index contributed by atoms with van der Waals surface area (Å²) >= 11 is 1.75. The van der Waals surface area contributed by atoms with Crippen molar-refractivity contribution in [1.82, 2.24) is 0 Å². The first-order chi connectivity index (χ1) is 9.67. The summed E-state index contributed by atoms with van der Waals surface area (Å²) in [4.78, 5) is 4.67. The van der Waals surface area contributed by atoms with Crippen LogP contribution in [-0.4, -0.2) is 17.5 Å². The maximum Gasteiger partial charge on any atom is 0.161 e. The van der Waals surface area contributed by atoms with E-state index in [1.54, 1.807) is 17.8 Å². The summed E-state index contributed by atoms with van der Waals surface area (Å²) in [5.41, 5.74) is 2.01. The van der Waals surface area contributed by atoms with Crippen molar-refractivity contribution in [1.29, 1.82) is 0 Å². The molecule has 1 fully saturated rings. The van der Waals surface area contributed by atoms with Gasteiger partial charge >= 0.3 is 0 Å². The molecule has 3 rings (SSSR count). The predicted octanol–water partition coefficient (Wildman–Crippen LogP) is 4.60. The normalized spacial score (nSPS) is 21.6. The maximum absolute atomic E-state index is 13.7. The average Bonchev–Trinajstić information content (AvgIpc) is 2.47. The summed E-state index contributed by atoms with van der Waals surface area (Å²) in [5, 5.41) is 4.02. The number of aryl methyl sites for hydroxylation is 1. The molecule has 2 nitrogen and oxygen atoms in total. The Balaban J connectivity index is 1.69. The summed E-state index contributed by atoms with van der Waals surface area (Å²) in [7, 11) is 0. The van der Waals surface area contributed by atoms with Gasteiger partial charge in [0, 0.05) is 12.3 Å². The number of aliphatic imine (C=N–C) groups is 1. The fraction of sp³-hybridized carbons (Fsp3) is 0.562. The highest BCUT2D eigenvalue weighted by atomic mass is 32.2. The topological polar surface area (TPSA) is 24.4 Å². The molecule has 0 bridgehead atoms. The third kappa shape index (κ3) is 3.00. The molecule has 1 aromatic rings. The number of rotatable bonds is 1. The lowest BCUT2D eigenvalue weighted by molar-refractivity contribution is 0.232. The van der Waals surface area contributed by atoms with E-state index in [0.717, 1.165) is 23.0 Å². The molecule has 0 radical (unpaired) electrons. The van der Waals surface area contributed by atoms with Gasteiger partial charge in [0.2, 0.25) is 0 Å². The Bertz CT molecular complexity index is 521. The van der Waals surface area contributed by atoms with Crippen molar-refractivity contribution < 1.29 is 4.39 Å². The van der Waals surface area contributed by atoms with Crippen molar-refractivity contribution in [3.63, 3.8) is 0 Å². The zero-order valence-corrected chi connectivity index (χ0v) is 12.7. The van der Waals surface area contributed by atoms with Crippen LogP contribution >= 0.6 is 11.8 Å². The van der Waals surface area contributed by atoms with Gasteiger partial charge in [-0.1, -0.05) is 37.1 Å². The van der Waals surface area contributed by atoms with E-state index in [9.17, 15) is 4.39 Å². The van der Waals surface area contributed by atoms with Gasteiger partial charge in [-0.15, -0.1) is 0 Å². The van der Waals surface area contributed by atoms with E-state index in [1.807, 2.05) is 13.0 Å². The summed E-state index contributed by atoms with van der Waals surface area (Å²) < 4.78 is 13.7. The number of nitrogens with one attached hydrogen (secondary N) is 1. The molecular formula is C16H21FN2S. The van der Waals surface area contributed by atoms with Crippen LogP contribution in [0.2, 0.25) is 0 Å². The predicted molar refractivity (Wildman–Crippen MR) is 85.0 cm³/mol. The van der Waals surface area contributed by atoms with Crippen LogP contribution in [0.5, 0.6) is 0 Å². The molecule has 1 N–H and O–H groups in total. The van der Waals surface area contributed by atoms with Gasteiger partial charge in [0.25, 0.3) is 0 Å². The van der Waals surface area contributed by atoms with Crippen molar-refractivity contribution in [2.45, 2.75) is 39.0 Å². The van der Waals surface area contributed by atoms with Gasteiger partial charge in [0.1, 0.15) is 5.82 Å². The molecule has 0 saturated heterocycles. The molecule has 0 aromatic heterocycles. The molecule has 1 saturated carbocycles. The summed E-state index contributed by atoms with van der Waals surface area (Å²) in [5.74, 6) is 0.906. The fourth-order valence-corrected chi connectivity index (χ4v) is 4.24. The molecule has 0 unspecified atom stereocenters. The van der Waals surface area contributed by atoms with Crippen molar-refractivity contribution in [2.75, 3.05) is 17.6 Å². The maximum atomic E-state index is 13.7. The number of amidine groups is 1. The van der Waals surface area contributed by atoms with Crippen LogP contribution in [-0.2, 0) is 0 Å². The van der Waals surface area contributed by atoms with Crippen LogP contribution in [0.15, 0.2) is 23.2 Å². The first-order valence-corrected chi connectivity index (χ1v) is 8.36. The van der Waals surface area contributed by atoms with E-state index < -0.39 is 0 Å². The number of nitrogens with zero attached hydrogens (tertiary/aromatic N) is 1. The largest absolute Gasteiger partial charge is 0.333 e. The lowest BCUT2D eigenvalue weighted by atomic mass is 9.75. The smallest absolute Gasteiger partial charge is 0.161 e. The number of halogens is 1. The summed E-state index contributed by atoms with van der Waals surface area (Å²) in [6.45, 7) is 2.87. The van der Waals surface area contributed by atoms with Gasteiger partial charge < -0.3 is 5.32 Å². The molecule has 0 atom stereocenters. The zero-order valence-electron chi connectivity index (χ0n) is 11.9. The Hall–Kier alpha value is -1.03. The van der Waals surface area contributed by atoms with Crippen LogP contribution < -0.4 is 5.32 Å². The van der Waals surface area contributed by atoms with E-state index in [2.05, 4.69) is 10.3 Å². The highest BCUT2D eigenvalue weighted by molar-refractivity contribution is 8.14. The highest BCUT2D eigenvalue weighted by Gasteiger charge is 2.34. The Morgan fingerprint density at radius 3 is 2.75 bits per heavy atom. The highest BCUT2D eigenvalue weighted by Crippen LogP contribution is 2.42. The molecule has 0 amide bonds. The fourth-order valence-electron chi connectivity index (χ4n) is 3.08. The van der Waals surface area contributed by atoms with Gasteiger partial charge in [-0.2, -0.15) is 0 Å². The van der Waals surface area contributed by atoms with Crippen molar-refractivity contribution >= 4 is 22.6 Å². The monoisotopic (exact) mass is 292 g/mol. The minimum Gasteiger partial charge on any atom is -0.333 e. The SMILES string of the molecule is Cc1ccc(F)c(NC2=NCC3(CCCCC3)CS2)c1. The Morgan fingerprint density at radius 1 is 1.25 bits per heavy atom. The molecule has 20 heavy (non-hydrogen) atoms. The number of hydrogen-bond acceptors (Lipinski definition) is 3. The van der Waals surface area contributed by atoms with Crippen molar-refractivity contribution in [3.05, 3.63) is 29.6 Å². The number of thioether (sulfide) groups is 1. The molecule has 4 heteroatoms. The summed E-state index contributed by atoms with van der Waals surface area (Å²) in [6, 6.07) is 5.13. The lowest BCUT2D eigenvalue weighted by Crippen LogP contribution is -2.35. The second-order valence-electron chi connectivity index (χ2n) is 6.08. The first kappa shape index (κ1) is 13.9. The van der Waals surface area contributed by atoms with Crippen LogP contribution in [0.3, 0.4) is 0 Å². The second kappa shape index (κ2) is 5.76. The number of hydrogen-bond donors (Lipinski definition) is 1. The minimum absolute atomic E-state index is 0.211. The van der Waals surface area contributed by atoms with Crippen LogP contribution in [0.1, 0.15) is 37.7 Å². The van der Waals surface area contributed by atoms with E-state index in [4.69, 9.17) is 0 Å². The molecular weight excluding hydrogens is 271 g/mol. The van der Waals surface area contributed by atoms with Crippen LogP contribution in [0, 0.1) is 18.2 Å². The van der Waals surface area contributed by atoms with Gasteiger partial charge in [-0.05, 0) is 42.9 Å². The number of benzene rings is 1. The zero-order chi connectivity index (χ0) is 14.0. The van der Waals surface area contributed by atoms with Crippen molar-refractivity contribution in [2.24, 2.45) is 10.4 Å². The third-order valence-electron chi connectivity index (χ3n) is 4.35. The average molecular weight is 292 g/mol. The molecule has 1 aliphatic heterocycles. The van der Waals surface area contributed by atoms with Gasteiger partial charge in [-0.3, -0.25) is 4.99 Å². The molecule has 1 heterocycles. The standard InChI is InChI=1S/C16H21FN2S/c1-12-5-6-13(17)14(9-12)19-15-18-10-16(11-20-15)7-3-2-4-8-16/h5-6,9H,2-4,7-8,10-11H2,1H3,(H,18,19). The van der Waals surface area contributed by atoms with Gasteiger partial charge in [-0.25, -0.2) is 4.39 Å². The Labute approximate surface area is 124 Å². The third-order valence-corrected chi connectivity index (χ3v) is 5.61. The summed E-state index contributed by atoms with van der Waals surface area (Å²) in [6.07, 6.45) is 6.65.